The number of hydrogen-bond donors (Lipinski definition) is 1. The average Bonchev–Trinajstić information content (AvgIpc) is 2.98. The van der Waals surface area contributed by atoms with Gasteiger partial charge in [-0.25, -0.2) is 0 Å². The fraction of sp³-hybridized carbons (Fsp3) is 0.643. The highest BCUT2D eigenvalue weighted by molar-refractivity contribution is 5.77. The molecular weight excluding hydrogens is 258 g/mol. The van der Waals surface area contributed by atoms with Crippen molar-refractivity contribution in [2.45, 2.75) is 6.54 Å². The quantitative estimate of drug-likeness (QED) is 0.771. The summed E-state index contributed by atoms with van der Waals surface area (Å²) in [5, 5.41) is 2.87. The molecule has 1 aromatic rings. The highest BCUT2D eigenvalue weighted by Crippen LogP contribution is 2.02. The van der Waals surface area contributed by atoms with Crippen LogP contribution in [0.2, 0.25) is 0 Å². The number of carbonyl (C=O) groups excluding carboxylic acids is 1. The lowest BCUT2D eigenvalue weighted by molar-refractivity contribution is -0.122. The van der Waals surface area contributed by atoms with E-state index in [0.717, 1.165) is 45.1 Å². The first kappa shape index (κ1) is 15.0. The van der Waals surface area contributed by atoms with Crippen molar-refractivity contribution in [2.75, 3.05) is 53.0 Å². The molecule has 2 heterocycles. The second kappa shape index (κ2) is 8.04. The first-order chi connectivity index (χ1) is 9.78. The van der Waals surface area contributed by atoms with E-state index < -0.39 is 0 Å². The van der Waals surface area contributed by atoms with Crippen LogP contribution in [0.4, 0.5) is 0 Å². The molecule has 0 spiro atoms. The van der Waals surface area contributed by atoms with Crippen molar-refractivity contribution in [1.29, 1.82) is 0 Å². The highest BCUT2D eigenvalue weighted by Gasteiger charge is 2.18. The zero-order valence-corrected chi connectivity index (χ0v) is 12.0. The van der Waals surface area contributed by atoms with Gasteiger partial charge in [-0.05, 0) is 12.1 Å². The Morgan fingerprint density at radius 1 is 1.35 bits per heavy atom. The van der Waals surface area contributed by atoms with Gasteiger partial charge in [0.2, 0.25) is 5.91 Å². The Morgan fingerprint density at radius 3 is 2.75 bits per heavy atom. The smallest absolute Gasteiger partial charge is 0.234 e. The van der Waals surface area contributed by atoms with Gasteiger partial charge >= 0.3 is 0 Å². The predicted molar refractivity (Wildman–Crippen MR) is 75.3 cm³/mol. The van der Waals surface area contributed by atoms with Gasteiger partial charge < -0.3 is 14.5 Å². The number of methoxy groups -OCH3 is 1. The maximum Gasteiger partial charge on any atom is 0.234 e. The lowest BCUT2D eigenvalue weighted by Gasteiger charge is -2.34. The number of piperazine rings is 1. The third-order valence-electron chi connectivity index (χ3n) is 3.48. The largest absolute Gasteiger partial charge is 0.467 e. The van der Waals surface area contributed by atoms with Crippen LogP contribution in [0.1, 0.15) is 5.76 Å². The van der Waals surface area contributed by atoms with Gasteiger partial charge in [-0.15, -0.1) is 0 Å². The molecule has 1 aliphatic heterocycles. The van der Waals surface area contributed by atoms with Gasteiger partial charge in [0.1, 0.15) is 5.76 Å². The molecule has 6 heteroatoms. The minimum Gasteiger partial charge on any atom is -0.467 e. The lowest BCUT2D eigenvalue weighted by Crippen LogP contribution is -2.49. The highest BCUT2D eigenvalue weighted by atomic mass is 16.5. The van der Waals surface area contributed by atoms with Gasteiger partial charge in [-0.3, -0.25) is 14.6 Å². The van der Waals surface area contributed by atoms with Crippen molar-refractivity contribution in [3.05, 3.63) is 24.2 Å². The Morgan fingerprint density at radius 2 is 2.10 bits per heavy atom. The first-order valence-corrected chi connectivity index (χ1v) is 7.00. The number of ether oxygens (including phenoxy) is 1. The summed E-state index contributed by atoms with van der Waals surface area (Å²) in [5.74, 6) is 0.828. The van der Waals surface area contributed by atoms with Crippen LogP contribution in [-0.2, 0) is 16.1 Å². The van der Waals surface area contributed by atoms with Crippen LogP contribution < -0.4 is 5.32 Å². The second-order valence-electron chi connectivity index (χ2n) is 4.97. The first-order valence-electron chi connectivity index (χ1n) is 7.00. The van der Waals surface area contributed by atoms with Crippen molar-refractivity contribution < 1.29 is 13.9 Å². The third-order valence-corrected chi connectivity index (χ3v) is 3.48. The number of nitrogens with zero attached hydrogens (tertiary/aromatic N) is 2. The van der Waals surface area contributed by atoms with Crippen molar-refractivity contribution in [2.24, 2.45) is 0 Å². The summed E-state index contributed by atoms with van der Waals surface area (Å²) in [5.41, 5.74) is 0. The topological polar surface area (TPSA) is 58.0 Å². The molecule has 1 aromatic heterocycles. The minimum atomic E-state index is 0.0479. The zero-order chi connectivity index (χ0) is 14.2. The zero-order valence-electron chi connectivity index (χ0n) is 12.0. The molecule has 2 rings (SSSR count). The SMILES string of the molecule is COCCN1CCN(CC(=O)NCc2ccco2)CC1. The summed E-state index contributed by atoms with van der Waals surface area (Å²) >= 11 is 0. The van der Waals surface area contributed by atoms with Gasteiger partial charge in [0.25, 0.3) is 0 Å². The van der Waals surface area contributed by atoms with Gasteiger partial charge in [0, 0.05) is 39.8 Å². The summed E-state index contributed by atoms with van der Waals surface area (Å²) < 4.78 is 10.3. The van der Waals surface area contributed by atoms with Crippen LogP contribution in [-0.4, -0.2) is 68.7 Å². The number of rotatable bonds is 7. The third kappa shape index (κ3) is 4.96. The van der Waals surface area contributed by atoms with E-state index in [4.69, 9.17) is 9.15 Å². The summed E-state index contributed by atoms with van der Waals surface area (Å²) in [6.07, 6.45) is 1.61. The maximum absolute atomic E-state index is 11.8. The standard InChI is InChI=1S/C14H23N3O3/c1-19-10-8-16-4-6-17(7-5-16)12-14(18)15-11-13-3-2-9-20-13/h2-3,9H,4-8,10-12H2,1H3,(H,15,18). The molecule has 6 nitrogen and oxygen atoms in total. The average molecular weight is 281 g/mol. The van der Waals surface area contributed by atoms with Gasteiger partial charge in [-0.2, -0.15) is 0 Å². The number of amides is 1. The molecule has 1 amide bonds. The molecule has 0 atom stereocenters. The number of furan rings is 1. The van der Waals surface area contributed by atoms with Crippen molar-refractivity contribution in [3.63, 3.8) is 0 Å². The van der Waals surface area contributed by atoms with Crippen LogP contribution in [0, 0.1) is 0 Å². The van der Waals surface area contributed by atoms with Crippen molar-refractivity contribution >= 4 is 5.91 Å². The van der Waals surface area contributed by atoms with Crippen LogP contribution >= 0.6 is 0 Å². The fourth-order valence-electron chi connectivity index (χ4n) is 2.25. The molecule has 0 unspecified atom stereocenters. The van der Waals surface area contributed by atoms with Gasteiger partial charge in [0.05, 0.1) is 26.0 Å². The summed E-state index contributed by atoms with van der Waals surface area (Å²) in [6.45, 7) is 6.50. The fourth-order valence-corrected chi connectivity index (χ4v) is 2.25. The van der Waals surface area contributed by atoms with E-state index in [1.54, 1.807) is 13.4 Å². The predicted octanol–water partition coefficient (Wildman–Crippen LogP) is 0.160. The molecule has 1 aliphatic rings. The number of nitrogens with one attached hydrogen (secondary N) is 1. The van der Waals surface area contributed by atoms with Crippen molar-refractivity contribution in [1.82, 2.24) is 15.1 Å². The lowest BCUT2D eigenvalue weighted by atomic mass is 10.3. The van der Waals surface area contributed by atoms with Crippen LogP contribution in [0.25, 0.3) is 0 Å². The Balaban J connectivity index is 1.61. The second-order valence-corrected chi connectivity index (χ2v) is 4.97. The van der Waals surface area contributed by atoms with E-state index in [0.29, 0.717) is 13.1 Å². The Bertz CT molecular complexity index is 386. The van der Waals surface area contributed by atoms with Crippen LogP contribution in [0.3, 0.4) is 0 Å². The Labute approximate surface area is 119 Å². The van der Waals surface area contributed by atoms with E-state index >= 15 is 0 Å². The molecule has 1 fully saturated rings. The molecule has 0 aromatic carbocycles. The summed E-state index contributed by atoms with van der Waals surface area (Å²) in [4.78, 5) is 16.4. The van der Waals surface area contributed by atoms with E-state index in [9.17, 15) is 4.79 Å². The molecule has 20 heavy (non-hydrogen) atoms. The van der Waals surface area contributed by atoms with Gasteiger partial charge in [-0.1, -0.05) is 0 Å². The molecule has 0 aliphatic carbocycles. The molecule has 1 saturated heterocycles. The maximum atomic E-state index is 11.8. The van der Waals surface area contributed by atoms with E-state index in [-0.39, 0.29) is 5.91 Å². The molecule has 0 bridgehead atoms. The molecule has 0 radical (unpaired) electrons. The molecule has 1 N–H and O–H groups in total. The molecule has 112 valence electrons. The molecular formula is C14H23N3O3. The van der Waals surface area contributed by atoms with Crippen LogP contribution in [0.5, 0.6) is 0 Å². The number of hydrogen-bond acceptors (Lipinski definition) is 5. The van der Waals surface area contributed by atoms with Crippen LogP contribution in [0.15, 0.2) is 22.8 Å². The van der Waals surface area contributed by atoms with Crippen molar-refractivity contribution in [3.8, 4) is 0 Å². The molecule has 0 saturated carbocycles. The Kier molecular flexibility index (Phi) is 6.04. The van der Waals surface area contributed by atoms with E-state index in [2.05, 4.69) is 15.1 Å². The van der Waals surface area contributed by atoms with E-state index in [1.165, 1.54) is 0 Å². The summed E-state index contributed by atoms with van der Waals surface area (Å²) in [7, 11) is 1.72. The monoisotopic (exact) mass is 281 g/mol. The van der Waals surface area contributed by atoms with E-state index in [1.807, 2.05) is 12.1 Å². The number of carbonyl (C=O) groups is 1. The summed E-state index contributed by atoms with van der Waals surface area (Å²) in [6, 6.07) is 3.68. The Hall–Kier alpha value is -1.37. The normalized spacial score (nSPS) is 17.2. The van der Waals surface area contributed by atoms with Gasteiger partial charge in [0.15, 0.2) is 0 Å². The minimum absolute atomic E-state index is 0.0479.